The van der Waals surface area contributed by atoms with E-state index in [-0.39, 0.29) is 23.7 Å². The highest BCUT2D eigenvalue weighted by atomic mass is 32.3. The molecule has 1 rings (SSSR count). The van der Waals surface area contributed by atoms with E-state index in [1.165, 1.54) is 6.92 Å². The Morgan fingerprint density at radius 1 is 1.21 bits per heavy atom. The number of rotatable bonds is 2. The summed E-state index contributed by atoms with van der Waals surface area (Å²) in [6.07, 6.45) is -0.617. The molecule has 14 nitrogen and oxygen atoms in total. The highest BCUT2D eigenvalue weighted by Crippen LogP contribution is 2.07. The zero-order chi connectivity index (χ0) is 21.3. The zero-order valence-corrected chi connectivity index (χ0v) is 16.0. The van der Waals surface area contributed by atoms with Crippen LogP contribution in [0.1, 0.15) is 19.8 Å². The van der Waals surface area contributed by atoms with Crippen molar-refractivity contribution < 1.29 is 50.8 Å². The molecule has 0 aromatic carbocycles. The van der Waals surface area contributed by atoms with Crippen LogP contribution in [0, 0.1) is 0 Å². The first-order valence-corrected chi connectivity index (χ1v) is 9.82. The summed E-state index contributed by atoms with van der Waals surface area (Å²) in [5, 5.41) is 4.08. The standard InChI is InChI=1S/C12H17N3O11S2/c1-6(16)27-5-8-11(19)14-4-10(18)23-25-28(21,22)26-24-12(20)7(13)2-3-9(17)15-8/h7-8H,2-5,13H2,1H3,(H,14,19)(H,15,17). The molecule has 16 heteroatoms. The van der Waals surface area contributed by atoms with Crippen molar-refractivity contribution >= 4 is 51.0 Å². The summed E-state index contributed by atoms with van der Waals surface area (Å²) in [7, 11) is -5.06. The minimum Gasteiger partial charge on any atom is -0.344 e. The zero-order valence-electron chi connectivity index (χ0n) is 14.4. The van der Waals surface area contributed by atoms with Gasteiger partial charge >= 0.3 is 22.3 Å². The summed E-state index contributed by atoms with van der Waals surface area (Å²) in [4.78, 5) is 65.9. The molecular weight excluding hydrogens is 426 g/mol. The predicted octanol–water partition coefficient (Wildman–Crippen LogP) is -2.82. The van der Waals surface area contributed by atoms with Gasteiger partial charge in [-0.05, 0) is 15.1 Å². The van der Waals surface area contributed by atoms with Crippen LogP contribution in [-0.4, -0.2) is 61.7 Å². The molecule has 2 amide bonds. The van der Waals surface area contributed by atoms with E-state index in [1.54, 1.807) is 0 Å². The average molecular weight is 443 g/mol. The topological polar surface area (TPSA) is 206 Å². The first-order chi connectivity index (χ1) is 13.0. The van der Waals surface area contributed by atoms with Crippen LogP contribution < -0.4 is 16.4 Å². The van der Waals surface area contributed by atoms with E-state index in [0.717, 1.165) is 11.8 Å². The average Bonchev–Trinajstić information content (AvgIpc) is 2.63. The third-order valence-corrected chi connectivity index (χ3v) is 4.28. The highest BCUT2D eigenvalue weighted by Gasteiger charge is 2.27. The molecule has 1 heterocycles. The second-order valence-electron chi connectivity index (χ2n) is 5.19. The molecule has 2 unspecified atom stereocenters. The summed E-state index contributed by atoms with van der Waals surface area (Å²) in [6.45, 7) is 0.415. The largest absolute Gasteiger partial charge is 0.471 e. The normalized spacial score (nSPS) is 25.1. The van der Waals surface area contributed by atoms with Crippen LogP contribution in [0.25, 0.3) is 0 Å². The molecule has 0 bridgehead atoms. The third-order valence-electron chi connectivity index (χ3n) is 2.91. The lowest BCUT2D eigenvalue weighted by atomic mass is 10.1. The number of carbonyl (C=O) groups excluding carboxylic acids is 5. The fourth-order valence-corrected chi connectivity index (χ4v) is 2.56. The van der Waals surface area contributed by atoms with Gasteiger partial charge in [-0.15, -0.1) is 0 Å². The summed E-state index contributed by atoms with van der Waals surface area (Å²) in [5.41, 5.74) is 5.43. The maximum absolute atomic E-state index is 12.1. The lowest BCUT2D eigenvalue weighted by Crippen LogP contribution is -2.50. The van der Waals surface area contributed by atoms with Crippen LogP contribution in [0.3, 0.4) is 0 Å². The van der Waals surface area contributed by atoms with Crippen LogP contribution in [0.5, 0.6) is 0 Å². The number of amides is 2. The molecule has 1 fully saturated rings. The van der Waals surface area contributed by atoms with Gasteiger partial charge in [-0.2, -0.15) is 8.42 Å². The summed E-state index contributed by atoms with van der Waals surface area (Å²) in [5.74, 6) is -4.40. The van der Waals surface area contributed by atoms with Crippen LogP contribution in [0.4, 0.5) is 0 Å². The van der Waals surface area contributed by atoms with Crippen LogP contribution in [0.15, 0.2) is 0 Å². The van der Waals surface area contributed by atoms with Crippen molar-refractivity contribution in [1.29, 1.82) is 0 Å². The molecule has 2 atom stereocenters. The Balaban J connectivity index is 2.90. The Labute approximate surface area is 162 Å². The molecule has 28 heavy (non-hydrogen) atoms. The van der Waals surface area contributed by atoms with Crippen LogP contribution >= 0.6 is 11.8 Å². The Hall–Kier alpha value is -2.27. The number of carbonyl (C=O) groups is 5. The molecule has 0 radical (unpaired) electrons. The highest BCUT2D eigenvalue weighted by molar-refractivity contribution is 8.13. The maximum atomic E-state index is 12.1. The molecule has 4 N–H and O–H groups in total. The molecule has 0 saturated carbocycles. The SMILES string of the molecule is CC(=O)SCC1NC(=O)CCC(N)C(=O)OOS(=O)(=O)OOC(=O)CNC1=O. The molecular formula is C12H17N3O11S2. The van der Waals surface area contributed by atoms with Crippen LogP contribution in [-0.2, 0) is 52.8 Å². The van der Waals surface area contributed by atoms with Crippen molar-refractivity contribution in [1.82, 2.24) is 10.6 Å². The van der Waals surface area contributed by atoms with Gasteiger partial charge in [0.2, 0.25) is 11.8 Å². The predicted molar refractivity (Wildman–Crippen MR) is 88.6 cm³/mol. The van der Waals surface area contributed by atoms with Gasteiger partial charge in [0.1, 0.15) is 18.6 Å². The number of thioether (sulfide) groups is 1. The van der Waals surface area contributed by atoms with Gasteiger partial charge in [0, 0.05) is 19.1 Å². The Morgan fingerprint density at radius 2 is 1.86 bits per heavy atom. The minimum atomic E-state index is -5.06. The quantitative estimate of drug-likeness (QED) is 0.369. The van der Waals surface area contributed by atoms with Crippen molar-refractivity contribution in [3.05, 3.63) is 0 Å². The van der Waals surface area contributed by atoms with Gasteiger partial charge in [0.25, 0.3) is 0 Å². The summed E-state index contributed by atoms with van der Waals surface area (Å²) < 4.78 is 29.9. The van der Waals surface area contributed by atoms with Gasteiger partial charge in [0.15, 0.2) is 5.12 Å². The van der Waals surface area contributed by atoms with E-state index < -0.39 is 52.8 Å². The molecule has 158 valence electrons. The van der Waals surface area contributed by atoms with Gasteiger partial charge in [0.05, 0.1) is 0 Å². The maximum Gasteiger partial charge on any atom is 0.471 e. The summed E-state index contributed by atoms with van der Waals surface area (Å²) in [6, 6.07) is -2.66. The fraction of sp³-hybridized carbons (Fsp3) is 0.583. The minimum absolute atomic E-state index is 0.144. The first kappa shape index (κ1) is 23.8. The lowest BCUT2D eigenvalue weighted by Gasteiger charge is -2.18. The molecule has 0 spiro atoms. The number of hydrogen-bond acceptors (Lipinski definition) is 13. The number of nitrogens with two attached hydrogens (primary N) is 1. The monoisotopic (exact) mass is 443 g/mol. The fourth-order valence-electron chi connectivity index (χ4n) is 1.59. The Bertz CT molecular complexity index is 739. The van der Waals surface area contributed by atoms with Gasteiger partial charge in [-0.25, -0.2) is 9.59 Å². The Kier molecular flexibility index (Phi) is 9.26. The second kappa shape index (κ2) is 10.9. The van der Waals surface area contributed by atoms with E-state index in [1.807, 2.05) is 0 Å². The molecule has 1 aliphatic rings. The van der Waals surface area contributed by atoms with E-state index in [4.69, 9.17) is 5.73 Å². The van der Waals surface area contributed by atoms with E-state index in [2.05, 4.69) is 29.1 Å². The molecule has 0 aromatic rings. The Morgan fingerprint density at radius 3 is 2.50 bits per heavy atom. The van der Waals surface area contributed by atoms with Crippen molar-refractivity contribution in [2.45, 2.75) is 31.8 Å². The van der Waals surface area contributed by atoms with Gasteiger partial charge in [-0.1, -0.05) is 11.8 Å². The van der Waals surface area contributed by atoms with Crippen molar-refractivity contribution in [2.24, 2.45) is 5.73 Å². The molecule has 0 aliphatic carbocycles. The van der Waals surface area contributed by atoms with Crippen molar-refractivity contribution in [3.63, 3.8) is 0 Å². The van der Waals surface area contributed by atoms with E-state index in [0.29, 0.717) is 0 Å². The molecule has 1 saturated heterocycles. The van der Waals surface area contributed by atoms with E-state index in [9.17, 15) is 32.4 Å². The second-order valence-corrected chi connectivity index (χ2v) is 7.47. The van der Waals surface area contributed by atoms with Crippen molar-refractivity contribution in [3.8, 4) is 0 Å². The van der Waals surface area contributed by atoms with Crippen molar-refractivity contribution in [2.75, 3.05) is 12.3 Å². The molecule has 0 aromatic heterocycles. The van der Waals surface area contributed by atoms with Gasteiger partial charge < -0.3 is 16.4 Å². The van der Waals surface area contributed by atoms with Gasteiger partial charge in [-0.3, -0.25) is 24.2 Å². The number of nitrogens with one attached hydrogen (secondary N) is 2. The van der Waals surface area contributed by atoms with Crippen LogP contribution in [0.2, 0.25) is 0 Å². The lowest BCUT2D eigenvalue weighted by molar-refractivity contribution is -0.245. The smallest absolute Gasteiger partial charge is 0.344 e. The number of hydrogen-bond donors (Lipinski definition) is 3. The third kappa shape index (κ3) is 9.09. The van der Waals surface area contributed by atoms with E-state index >= 15 is 0 Å². The first-order valence-electron chi connectivity index (χ1n) is 7.50. The molecule has 1 aliphatic heterocycles. The summed E-state index contributed by atoms with van der Waals surface area (Å²) >= 11 is 0.746.